The van der Waals surface area contributed by atoms with Crippen molar-refractivity contribution in [3.8, 4) is 0 Å². The Morgan fingerprint density at radius 1 is 1.44 bits per heavy atom. The second-order valence-electron chi connectivity index (χ2n) is 4.86. The van der Waals surface area contributed by atoms with E-state index in [1.165, 1.54) is 0 Å². The van der Waals surface area contributed by atoms with Crippen molar-refractivity contribution < 1.29 is 14.6 Å². The lowest BCUT2D eigenvalue weighted by Gasteiger charge is -2.42. The number of carbonyl (C=O) groups excluding carboxylic acids is 1. The van der Waals surface area contributed by atoms with E-state index in [1.54, 1.807) is 0 Å². The van der Waals surface area contributed by atoms with Gasteiger partial charge in [0.1, 0.15) is 6.04 Å². The van der Waals surface area contributed by atoms with Crippen LogP contribution in [0.2, 0.25) is 0 Å². The number of aliphatic hydroxyl groups is 1. The van der Waals surface area contributed by atoms with E-state index in [-0.39, 0.29) is 18.1 Å². The summed E-state index contributed by atoms with van der Waals surface area (Å²) >= 11 is 0. The highest BCUT2D eigenvalue weighted by molar-refractivity contribution is 5.76. The number of piperidine rings is 1. The van der Waals surface area contributed by atoms with Gasteiger partial charge in [-0.25, -0.2) is 0 Å². The molecule has 1 aliphatic carbocycles. The summed E-state index contributed by atoms with van der Waals surface area (Å²) in [5, 5.41) is 12.9. The van der Waals surface area contributed by atoms with Gasteiger partial charge in [-0.3, -0.25) is 4.79 Å². The maximum absolute atomic E-state index is 11.8. The van der Waals surface area contributed by atoms with E-state index in [2.05, 4.69) is 5.32 Å². The highest BCUT2D eigenvalue weighted by Gasteiger charge is 2.41. The molecule has 2 rings (SSSR count). The number of rotatable bonds is 2. The minimum Gasteiger partial charge on any atom is -0.465 e. The highest BCUT2D eigenvalue weighted by atomic mass is 16.5. The minimum absolute atomic E-state index is 0.117. The van der Waals surface area contributed by atoms with E-state index in [1.807, 2.05) is 6.92 Å². The maximum Gasteiger partial charge on any atom is 0.323 e. The zero-order valence-electron chi connectivity index (χ0n) is 9.82. The van der Waals surface area contributed by atoms with Crippen LogP contribution in [-0.2, 0) is 9.53 Å². The van der Waals surface area contributed by atoms with Crippen molar-refractivity contribution in [2.75, 3.05) is 13.2 Å². The summed E-state index contributed by atoms with van der Waals surface area (Å²) in [5.41, 5.74) is 0. The van der Waals surface area contributed by atoms with Crippen LogP contribution in [0.1, 0.15) is 32.6 Å². The fraction of sp³-hybridized carbons (Fsp3) is 0.917. The molecule has 0 spiro atoms. The summed E-state index contributed by atoms with van der Waals surface area (Å²) in [6.07, 6.45) is 3.50. The SMILES string of the molecule is CCOC(=O)C1NCCC2CC(O)CCC21. The lowest BCUT2D eigenvalue weighted by molar-refractivity contribution is -0.150. The summed E-state index contributed by atoms with van der Waals surface area (Å²) in [6.45, 7) is 3.14. The quantitative estimate of drug-likeness (QED) is 0.681. The number of hydrogen-bond donors (Lipinski definition) is 2. The number of fused-ring (bicyclic) bond motifs is 1. The predicted molar refractivity (Wildman–Crippen MR) is 59.9 cm³/mol. The van der Waals surface area contributed by atoms with Crippen molar-refractivity contribution in [1.29, 1.82) is 0 Å². The highest BCUT2D eigenvalue weighted by Crippen LogP contribution is 2.37. The molecule has 16 heavy (non-hydrogen) atoms. The van der Waals surface area contributed by atoms with Crippen LogP contribution in [0.25, 0.3) is 0 Å². The zero-order chi connectivity index (χ0) is 11.5. The van der Waals surface area contributed by atoms with Gasteiger partial charge in [0.15, 0.2) is 0 Å². The minimum atomic E-state index is -0.165. The Hall–Kier alpha value is -0.610. The first-order chi connectivity index (χ1) is 7.72. The van der Waals surface area contributed by atoms with Crippen molar-refractivity contribution >= 4 is 5.97 Å². The van der Waals surface area contributed by atoms with Crippen molar-refractivity contribution in [3.63, 3.8) is 0 Å². The topological polar surface area (TPSA) is 58.6 Å². The Morgan fingerprint density at radius 2 is 2.25 bits per heavy atom. The lowest BCUT2D eigenvalue weighted by atomic mass is 9.71. The Labute approximate surface area is 96.4 Å². The number of esters is 1. The molecule has 2 fully saturated rings. The zero-order valence-corrected chi connectivity index (χ0v) is 9.82. The molecule has 4 nitrogen and oxygen atoms in total. The van der Waals surface area contributed by atoms with Gasteiger partial charge in [-0.2, -0.15) is 0 Å². The van der Waals surface area contributed by atoms with Crippen LogP contribution < -0.4 is 5.32 Å². The molecule has 1 aliphatic heterocycles. The number of aliphatic hydroxyl groups excluding tert-OH is 1. The molecule has 0 radical (unpaired) electrons. The maximum atomic E-state index is 11.8. The van der Waals surface area contributed by atoms with E-state index in [4.69, 9.17) is 4.74 Å². The van der Waals surface area contributed by atoms with Crippen LogP contribution in [0.5, 0.6) is 0 Å². The predicted octanol–water partition coefficient (Wildman–Crippen LogP) is 0.689. The van der Waals surface area contributed by atoms with E-state index in [9.17, 15) is 9.90 Å². The van der Waals surface area contributed by atoms with Crippen molar-refractivity contribution in [1.82, 2.24) is 5.32 Å². The molecular formula is C12H21NO3. The molecule has 0 bridgehead atoms. The van der Waals surface area contributed by atoms with Crippen LogP contribution in [0.4, 0.5) is 0 Å². The number of nitrogens with one attached hydrogen (secondary N) is 1. The Balaban J connectivity index is 2.00. The van der Waals surface area contributed by atoms with Gasteiger partial charge < -0.3 is 15.2 Å². The second-order valence-corrected chi connectivity index (χ2v) is 4.86. The molecule has 1 saturated carbocycles. The van der Waals surface area contributed by atoms with Gasteiger partial charge in [0.2, 0.25) is 0 Å². The first kappa shape index (κ1) is 11.9. The van der Waals surface area contributed by atoms with Gasteiger partial charge >= 0.3 is 5.97 Å². The number of hydrogen-bond acceptors (Lipinski definition) is 4. The largest absolute Gasteiger partial charge is 0.465 e. The molecule has 4 heteroatoms. The van der Waals surface area contributed by atoms with Crippen LogP contribution >= 0.6 is 0 Å². The first-order valence-electron chi connectivity index (χ1n) is 6.30. The molecule has 1 saturated heterocycles. The standard InChI is InChI=1S/C12H21NO3/c1-2-16-12(15)11-10-4-3-9(14)7-8(10)5-6-13-11/h8-11,13-14H,2-7H2,1H3. The molecule has 0 aromatic heterocycles. The van der Waals surface area contributed by atoms with E-state index in [0.717, 1.165) is 32.2 Å². The van der Waals surface area contributed by atoms with Gasteiger partial charge in [0.05, 0.1) is 12.7 Å². The molecule has 1 heterocycles. The fourth-order valence-electron chi connectivity index (χ4n) is 3.10. The Kier molecular flexibility index (Phi) is 3.82. The third-order valence-corrected chi connectivity index (χ3v) is 3.86. The van der Waals surface area contributed by atoms with Crippen LogP contribution in [0, 0.1) is 11.8 Å². The molecule has 4 atom stereocenters. The second kappa shape index (κ2) is 5.15. The number of ether oxygens (including phenoxy) is 1. The average molecular weight is 227 g/mol. The van der Waals surface area contributed by atoms with Gasteiger partial charge in [-0.05, 0) is 51.0 Å². The third-order valence-electron chi connectivity index (χ3n) is 3.86. The smallest absolute Gasteiger partial charge is 0.323 e. The van der Waals surface area contributed by atoms with Crippen molar-refractivity contribution in [2.45, 2.75) is 44.8 Å². The summed E-state index contributed by atoms with van der Waals surface area (Å²) < 4.78 is 5.09. The fourth-order valence-corrected chi connectivity index (χ4v) is 3.10. The third kappa shape index (κ3) is 2.38. The summed E-state index contributed by atoms with van der Waals surface area (Å²) in [5.74, 6) is 0.726. The van der Waals surface area contributed by atoms with Crippen molar-refractivity contribution in [2.24, 2.45) is 11.8 Å². The van der Waals surface area contributed by atoms with Crippen molar-refractivity contribution in [3.05, 3.63) is 0 Å². The monoisotopic (exact) mass is 227 g/mol. The molecular weight excluding hydrogens is 206 g/mol. The molecule has 0 aromatic carbocycles. The molecule has 4 unspecified atom stereocenters. The molecule has 2 N–H and O–H groups in total. The van der Waals surface area contributed by atoms with E-state index in [0.29, 0.717) is 18.4 Å². The van der Waals surface area contributed by atoms with Crippen LogP contribution in [0.15, 0.2) is 0 Å². The first-order valence-corrected chi connectivity index (χ1v) is 6.30. The van der Waals surface area contributed by atoms with E-state index >= 15 is 0 Å². The van der Waals surface area contributed by atoms with Crippen LogP contribution in [-0.4, -0.2) is 36.4 Å². The van der Waals surface area contributed by atoms with Gasteiger partial charge in [0.25, 0.3) is 0 Å². The van der Waals surface area contributed by atoms with Gasteiger partial charge in [-0.1, -0.05) is 0 Å². The Morgan fingerprint density at radius 3 is 3.00 bits per heavy atom. The number of carbonyl (C=O) groups is 1. The Bertz CT molecular complexity index is 257. The van der Waals surface area contributed by atoms with Gasteiger partial charge in [0, 0.05) is 0 Å². The summed E-state index contributed by atoms with van der Waals surface area (Å²) in [4.78, 5) is 11.8. The summed E-state index contributed by atoms with van der Waals surface area (Å²) in [6, 6.07) is -0.147. The molecule has 2 aliphatic rings. The van der Waals surface area contributed by atoms with E-state index < -0.39 is 0 Å². The molecule has 0 amide bonds. The van der Waals surface area contributed by atoms with Crippen LogP contribution in [0.3, 0.4) is 0 Å². The summed E-state index contributed by atoms with van der Waals surface area (Å²) in [7, 11) is 0. The molecule has 0 aromatic rings. The molecule has 92 valence electrons. The average Bonchev–Trinajstić information content (AvgIpc) is 2.28. The van der Waals surface area contributed by atoms with Gasteiger partial charge in [-0.15, -0.1) is 0 Å². The normalized spacial score (nSPS) is 38.9. The lowest BCUT2D eigenvalue weighted by Crippen LogP contribution is -2.53.